The first-order valence-electron chi connectivity index (χ1n) is 12.2. The number of amides is 3. The van der Waals surface area contributed by atoms with Crippen LogP contribution >= 0.6 is 46.1 Å². The number of hydrogen-bond acceptors (Lipinski definition) is 9. The van der Waals surface area contributed by atoms with E-state index < -0.39 is 28.5 Å². The third-order valence-corrected chi connectivity index (χ3v) is 8.12. The number of carbonyl (C=O) groups is 3. The van der Waals surface area contributed by atoms with E-state index >= 15 is 0 Å². The second kappa shape index (κ2) is 13.9. The first-order chi connectivity index (χ1) is 19.7. The molecule has 1 saturated heterocycles. The molecule has 3 aromatic rings. The van der Waals surface area contributed by atoms with Gasteiger partial charge < -0.3 is 14.8 Å². The predicted molar refractivity (Wildman–Crippen MR) is 167 cm³/mol. The Kier molecular flexibility index (Phi) is 10.3. The Morgan fingerprint density at radius 3 is 2.59 bits per heavy atom. The van der Waals surface area contributed by atoms with Crippen molar-refractivity contribution < 1.29 is 28.8 Å². The van der Waals surface area contributed by atoms with Crippen molar-refractivity contribution in [1.82, 2.24) is 4.90 Å². The number of nitro groups is 1. The highest BCUT2D eigenvalue weighted by Crippen LogP contribution is 2.38. The maximum Gasteiger partial charge on any atom is 0.294 e. The van der Waals surface area contributed by atoms with Crippen LogP contribution in [0.25, 0.3) is 6.08 Å². The molecule has 1 aliphatic rings. The fourth-order valence-corrected chi connectivity index (χ4v) is 5.86. The van der Waals surface area contributed by atoms with Crippen LogP contribution in [0.5, 0.6) is 11.5 Å². The molecular weight excluding hydrogens is 681 g/mol. The number of rotatable bonds is 11. The number of thioether (sulfide) groups is 2. The van der Waals surface area contributed by atoms with Gasteiger partial charge in [0.25, 0.3) is 16.8 Å². The van der Waals surface area contributed by atoms with Gasteiger partial charge in [-0.3, -0.25) is 29.4 Å². The normalized spacial score (nSPS) is 13.9. The Morgan fingerprint density at radius 1 is 1.15 bits per heavy atom. The van der Waals surface area contributed by atoms with Crippen molar-refractivity contribution in [3.8, 4) is 11.5 Å². The average Bonchev–Trinajstić information content (AvgIpc) is 3.20. The largest absolute Gasteiger partial charge is 0.490 e. The molecule has 0 unspecified atom stereocenters. The van der Waals surface area contributed by atoms with Gasteiger partial charge in [0.1, 0.15) is 13.2 Å². The lowest BCUT2D eigenvalue weighted by atomic mass is 10.1. The SMILES string of the molecule is CCOc1cc(/C=C2/SC(=O)N(CC(=O)Nc3cccc(SC)c3)C2=O)cc(I)c1OCc1ccc([N+](=O)[O-])cc1. The van der Waals surface area contributed by atoms with Crippen molar-refractivity contribution in [3.63, 3.8) is 0 Å². The van der Waals surface area contributed by atoms with Crippen LogP contribution in [0.4, 0.5) is 16.2 Å². The van der Waals surface area contributed by atoms with Gasteiger partial charge in [0, 0.05) is 22.7 Å². The zero-order chi connectivity index (χ0) is 29.5. The Morgan fingerprint density at radius 2 is 1.90 bits per heavy atom. The Bertz CT molecular complexity index is 1530. The summed E-state index contributed by atoms with van der Waals surface area (Å²) in [6, 6.07) is 16.8. The standard InChI is InChI=1S/C28H24IN3O7S2/c1-3-38-23-12-18(11-22(29)26(23)39-16-17-7-9-20(10-8-17)32(36)37)13-24-27(34)31(28(35)41-24)15-25(33)30-19-5-4-6-21(14-19)40-2/h4-14H,3,15-16H2,1-2H3,(H,30,33)/b24-13+. The van der Waals surface area contributed by atoms with Gasteiger partial charge in [0.05, 0.1) is 20.0 Å². The predicted octanol–water partition coefficient (Wildman–Crippen LogP) is 6.57. The van der Waals surface area contributed by atoms with Gasteiger partial charge in [-0.1, -0.05) is 6.07 Å². The van der Waals surface area contributed by atoms with E-state index in [1.807, 2.05) is 31.4 Å². The minimum Gasteiger partial charge on any atom is -0.490 e. The average molecular weight is 706 g/mol. The van der Waals surface area contributed by atoms with Gasteiger partial charge in [-0.25, -0.2) is 0 Å². The van der Waals surface area contributed by atoms with Crippen molar-refractivity contribution in [2.75, 3.05) is 24.7 Å². The highest BCUT2D eigenvalue weighted by molar-refractivity contribution is 14.1. The second-order valence-electron chi connectivity index (χ2n) is 8.52. The molecule has 4 rings (SSSR count). The van der Waals surface area contributed by atoms with E-state index in [0.29, 0.717) is 32.9 Å². The van der Waals surface area contributed by atoms with Gasteiger partial charge in [-0.05, 0) is 107 Å². The molecule has 1 fully saturated rings. The Labute approximate surface area is 258 Å². The molecular formula is C28H24IN3O7S2. The number of non-ortho nitro benzene ring substituents is 1. The smallest absolute Gasteiger partial charge is 0.294 e. The summed E-state index contributed by atoms with van der Waals surface area (Å²) in [5.74, 6) is -0.106. The number of nitrogens with zero attached hydrogens (tertiary/aromatic N) is 2. The number of nitro benzene ring substituents is 1. The van der Waals surface area contributed by atoms with Crippen LogP contribution in [0.3, 0.4) is 0 Å². The van der Waals surface area contributed by atoms with E-state index in [1.54, 1.807) is 36.4 Å². The number of halogens is 1. The fraction of sp³-hybridized carbons (Fsp3) is 0.179. The Hall–Kier alpha value is -3.56. The van der Waals surface area contributed by atoms with Crippen LogP contribution in [0.15, 0.2) is 70.5 Å². The molecule has 0 spiro atoms. The van der Waals surface area contributed by atoms with Crippen molar-refractivity contribution in [3.05, 3.63) is 90.4 Å². The molecule has 0 saturated carbocycles. The van der Waals surface area contributed by atoms with Gasteiger partial charge in [0.2, 0.25) is 5.91 Å². The lowest BCUT2D eigenvalue weighted by Gasteiger charge is -2.15. The summed E-state index contributed by atoms with van der Waals surface area (Å²) in [4.78, 5) is 50.7. The van der Waals surface area contributed by atoms with Crippen molar-refractivity contribution >= 4 is 80.6 Å². The monoisotopic (exact) mass is 705 g/mol. The molecule has 1 heterocycles. The third-order valence-electron chi connectivity index (χ3n) is 5.69. The molecule has 10 nitrogen and oxygen atoms in total. The molecule has 41 heavy (non-hydrogen) atoms. The van der Waals surface area contributed by atoms with Crippen LogP contribution in [0.2, 0.25) is 0 Å². The second-order valence-corrected chi connectivity index (χ2v) is 11.6. The Balaban J connectivity index is 1.47. The fourth-order valence-electron chi connectivity index (χ4n) is 3.78. The van der Waals surface area contributed by atoms with E-state index in [2.05, 4.69) is 27.9 Å². The maximum absolute atomic E-state index is 13.0. The van der Waals surface area contributed by atoms with Gasteiger partial charge in [0.15, 0.2) is 11.5 Å². The number of hydrogen-bond donors (Lipinski definition) is 1. The molecule has 0 atom stereocenters. The number of anilines is 1. The summed E-state index contributed by atoms with van der Waals surface area (Å²) in [7, 11) is 0. The van der Waals surface area contributed by atoms with Crippen LogP contribution in [-0.2, 0) is 16.2 Å². The third kappa shape index (κ3) is 7.80. The van der Waals surface area contributed by atoms with Gasteiger partial charge >= 0.3 is 0 Å². The summed E-state index contributed by atoms with van der Waals surface area (Å²) in [6.07, 6.45) is 3.50. The van der Waals surface area contributed by atoms with Crippen LogP contribution in [-0.4, -0.2) is 46.3 Å². The quantitative estimate of drug-likeness (QED) is 0.0775. The molecule has 1 aliphatic heterocycles. The summed E-state index contributed by atoms with van der Waals surface area (Å²) >= 11 is 4.39. The molecule has 3 amide bonds. The van der Waals surface area contributed by atoms with Gasteiger partial charge in [-0.2, -0.15) is 0 Å². The minimum absolute atomic E-state index is 0.00586. The number of benzene rings is 3. The number of carbonyl (C=O) groups excluding carboxylic acids is 3. The van der Waals surface area contributed by atoms with Gasteiger partial charge in [-0.15, -0.1) is 11.8 Å². The zero-order valence-electron chi connectivity index (χ0n) is 21.9. The maximum atomic E-state index is 13.0. The molecule has 1 N–H and O–H groups in total. The van der Waals surface area contributed by atoms with E-state index in [1.165, 1.54) is 23.9 Å². The molecule has 0 aromatic heterocycles. The highest BCUT2D eigenvalue weighted by Gasteiger charge is 2.36. The topological polar surface area (TPSA) is 128 Å². The molecule has 0 aliphatic carbocycles. The number of ether oxygens (including phenoxy) is 2. The van der Waals surface area contributed by atoms with Crippen LogP contribution < -0.4 is 14.8 Å². The summed E-state index contributed by atoms with van der Waals surface area (Å²) in [5.41, 5.74) is 1.93. The number of imide groups is 1. The lowest BCUT2D eigenvalue weighted by molar-refractivity contribution is -0.384. The van der Waals surface area contributed by atoms with Crippen molar-refractivity contribution in [2.45, 2.75) is 18.4 Å². The molecule has 13 heteroatoms. The van der Waals surface area contributed by atoms with E-state index in [-0.39, 0.29) is 17.2 Å². The summed E-state index contributed by atoms with van der Waals surface area (Å²) in [5, 5.41) is 13.1. The number of nitrogens with one attached hydrogen (secondary N) is 1. The van der Waals surface area contributed by atoms with Crippen molar-refractivity contribution in [1.29, 1.82) is 0 Å². The zero-order valence-corrected chi connectivity index (χ0v) is 25.7. The molecule has 0 radical (unpaired) electrons. The molecule has 212 valence electrons. The van der Waals surface area contributed by atoms with E-state index in [0.717, 1.165) is 27.1 Å². The first kappa shape index (κ1) is 30.4. The lowest BCUT2D eigenvalue weighted by Crippen LogP contribution is -2.36. The highest BCUT2D eigenvalue weighted by atomic mass is 127. The van der Waals surface area contributed by atoms with E-state index in [9.17, 15) is 24.5 Å². The molecule has 3 aromatic carbocycles. The summed E-state index contributed by atoms with van der Waals surface area (Å²) < 4.78 is 12.5. The first-order valence-corrected chi connectivity index (χ1v) is 15.3. The van der Waals surface area contributed by atoms with Crippen LogP contribution in [0.1, 0.15) is 18.1 Å². The molecule has 0 bridgehead atoms. The van der Waals surface area contributed by atoms with Crippen molar-refractivity contribution in [2.24, 2.45) is 0 Å². The minimum atomic E-state index is -0.556. The van der Waals surface area contributed by atoms with E-state index in [4.69, 9.17) is 9.47 Å². The van der Waals surface area contributed by atoms with Crippen LogP contribution in [0, 0.1) is 13.7 Å². The summed E-state index contributed by atoms with van der Waals surface area (Å²) in [6.45, 7) is 1.95.